The molecule has 0 fully saturated rings. The van der Waals surface area contributed by atoms with Gasteiger partial charge in [-0.1, -0.05) is 12.1 Å². The van der Waals surface area contributed by atoms with E-state index in [2.05, 4.69) is 0 Å². The molecule has 0 bridgehead atoms. The Hall–Kier alpha value is -2.03. The average molecular weight is 214 g/mol. The molecule has 0 aliphatic carbocycles. The van der Waals surface area contributed by atoms with Crippen molar-refractivity contribution in [1.29, 1.82) is 5.26 Å². The number of carbonyl (C=O) groups is 1. The van der Waals surface area contributed by atoms with E-state index >= 15 is 0 Å². The summed E-state index contributed by atoms with van der Waals surface area (Å²) in [5.41, 5.74) is -1.40. The SMILES string of the molecule is N#CC(=O)Nc1ccccc1C(F)(F)F. The van der Waals surface area contributed by atoms with Crippen molar-refractivity contribution in [3.8, 4) is 6.07 Å². The van der Waals surface area contributed by atoms with E-state index in [0.717, 1.165) is 12.1 Å². The number of hydrogen-bond donors (Lipinski definition) is 1. The Balaban J connectivity index is 3.09. The van der Waals surface area contributed by atoms with Crippen LogP contribution in [0.3, 0.4) is 0 Å². The Morgan fingerprint density at radius 1 is 1.33 bits per heavy atom. The highest BCUT2D eigenvalue weighted by atomic mass is 19.4. The number of anilines is 1. The van der Waals surface area contributed by atoms with Gasteiger partial charge >= 0.3 is 12.1 Å². The molecule has 0 spiro atoms. The molecule has 1 aromatic carbocycles. The first kappa shape index (κ1) is 11.0. The number of amides is 1. The molecule has 0 aliphatic heterocycles. The number of benzene rings is 1. The molecule has 6 heteroatoms. The van der Waals surface area contributed by atoms with Crippen molar-refractivity contribution in [2.45, 2.75) is 6.18 Å². The molecule has 0 aliphatic rings. The summed E-state index contributed by atoms with van der Waals surface area (Å²) in [6, 6.07) is 5.62. The minimum absolute atomic E-state index is 0.420. The van der Waals surface area contributed by atoms with Gasteiger partial charge < -0.3 is 5.32 Å². The summed E-state index contributed by atoms with van der Waals surface area (Å²) >= 11 is 0. The Morgan fingerprint density at radius 3 is 2.47 bits per heavy atom. The van der Waals surface area contributed by atoms with Crippen LogP contribution in [0.1, 0.15) is 5.56 Å². The van der Waals surface area contributed by atoms with Gasteiger partial charge in [0.2, 0.25) is 0 Å². The highest BCUT2D eigenvalue weighted by molar-refractivity contribution is 6.02. The molecule has 0 unspecified atom stereocenters. The minimum Gasteiger partial charge on any atom is -0.313 e. The molecule has 1 amide bonds. The lowest BCUT2D eigenvalue weighted by Crippen LogP contribution is -2.14. The number of alkyl halides is 3. The fourth-order valence-corrected chi connectivity index (χ4v) is 0.990. The van der Waals surface area contributed by atoms with Crippen molar-refractivity contribution < 1.29 is 18.0 Å². The van der Waals surface area contributed by atoms with E-state index in [1.54, 1.807) is 0 Å². The van der Waals surface area contributed by atoms with Crippen molar-refractivity contribution in [3.63, 3.8) is 0 Å². The topological polar surface area (TPSA) is 52.9 Å². The van der Waals surface area contributed by atoms with Gasteiger partial charge in [-0.3, -0.25) is 4.79 Å². The third kappa shape index (κ3) is 2.71. The Kier molecular flexibility index (Phi) is 2.95. The maximum atomic E-state index is 12.4. The first-order valence-corrected chi connectivity index (χ1v) is 3.82. The fourth-order valence-electron chi connectivity index (χ4n) is 0.990. The van der Waals surface area contributed by atoms with Gasteiger partial charge in [-0.2, -0.15) is 18.4 Å². The molecule has 3 nitrogen and oxygen atoms in total. The van der Waals surface area contributed by atoms with Crippen LogP contribution < -0.4 is 5.32 Å². The van der Waals surface area contributed by atoms with Crippen LogP contribution in [0.2, 0.25) is 0 Å². The lowest BCUT2D eigenvalue weighted by atomic mass is 10.1. The zero-order valence-electron chi connectivity index (χ0n) is 7.30. The summed E-state index contributed by atoms with van der Waals surface area (Å²) in [5.74, 6) is -1.13. The van der Waals surface area contributed by atoms with Gasteiger partial charge in [-0.15, -0.1) is 0 Å². The van der Waals surface area contributed by atoms with Crippen molar-refractivity contribution in [2.75, 3.05) is 5.32 Å². The molecule has 0 aromatic heterocycles. The van der Waals surface area contributed by atoms with Crippen LogP contribution in [-0.4, -0.2) is 5.91 Å². The van der Waals surface area contributed by atoms with Crippen LogP contribution in [0, 0.1) is 11.3 Å². The van der Waals surface area contributed by atoms with Crippen molar-refractivity contribution in [2.24, 2.45) is 0 Å². The van der Waals surface area contributed by atoms with Crippen LogP contribution in [0.5, 0.6) is 0 Å². The summed E-state index contributed by atoms with van der Waals surface area (Å²) in [5, 5.41) is 9.99. The lowest BCUT2D eigenvalue weighted by Gasteiger charge is -2.11. The summed E-state index contributed by atoms with van der Waals surface area (Å²) in [6.07, 6.45) is -4.56. The van der Waals surface area contributed by atoms with E-state index in [-0.39, 0.29) is 0 Å². The molecule has 1 aromatic rings. The molecular formula is C9H5F3N2O. The fraction of sp³-hybridized carbons (Fsp3) is 0.111. The highest BCUT2D eigenvalue weighted by Crippen LogP contribution is 2.34. The number of carbonyl (C=O) groups excluding carboxylic acids is 1. The van der Waals surface area contributed by atoms with Gasteiger partial charge in [0.25, 0.3) is 0 Å². The standard InChI is InChI=1S/C9H5F3N2O/c10-9(11,12)6-3-1-2-4-7(6)14-8(15)5-13/h1-4H,(H,14,15). The molecule has 0 radical (unpaired) electrons. The van der Waals surface area contributed by atoms with Crippen LogP contribution in [0.25, 0.3) is 0 Å². The average Bonchev–Trinajstić information content (AvgIpc) is 2.17. The second-order valence-corrected chi connectivity index (χ2v) is 2.61. The van der Waals surface area contributed by atoms with Gasteiger partial charge in [-0.05, 0) is 12.1 Å². The van der Waals surface area contributed by atoms with Crippen molar-refractivity contribution >= 4 is 11.6 Å². The number of hydrogen-bond acceptors (Lipinski definition) is 2. The molecular weight excluding hydrogens is 209 g/mol. The second kappa shape index (κ2) is 4.00. The number of nitrogens with zero attached hydrogens (tertiary/aromatic N) is 1. The molecule has 0 heterocycles. The van der Waals surface area contributed by atoms with E-state index in [4.69, 9.17) is 5.26 Å². The monoisotopic (exact) mass is 214 g/mol. The molecule has 0 saturated heterocycles. The van der Waals surface area contributed by atoms with Gasteiger partial charge in [0.15, 0.2) is 6.07 Å². The summed E-state index contributed by atoms with van der Waals surface area (Å²) < 4.78 is 37.1. The van der Waals surface area contributed by atoms with E-state index in [1.165, 1.54) is 18.2 Å². The normalized spacial score (nSPS) is 10.5. The predicted octanol–water partition coefficient (Wildman–Crippen LogP) is 2.17. The van der Waals surface area contributed by atoms with Crippen molar-refractivity contribution in [3.05, 3.63) is 29.8 Å². The van der Waals surface area contributed by atoms with Crippen molar-refractivity contribution in [1.82, 2.24) is 0 Å². The maximum Gasteiger partial charge on any atom is 0.418 e. The third-order valence-electron chi connectivity index (χ3n) is 1.58. The van der Waals surface area contributed by atoms with Gasteiger partial charge in [0, 0.05) is 0 Å². The van der Waals surface area contributed by atoms with Crippen LogP contribution in [0.4, 0.5) is 18.9 Å². The zero-order valence-corrected chi connectivity index (χ0v) is 7.30. The second-order valence-electron chi connectivity index (χ2n) is 2.61. The van der Waals surface area contributed by atoms with Gasteiger partial charge in [0.05, 0.1) is 11.3 Å². The summed E-state index contributed by atoms with van der Waals surface area (Å²) in [7, 11) is 0. The molecule has 0 saturated carbocycles. The third-order valence-corrected chi connectivity index (χ3v) is 1.58. The molecule has 0 atom stereocenters. The Labute approximate surface area is 83.1 Å². The number of nitriles is 1. The maximum absolute atomic E-state index is 12.4. The largest absolute Gasteiger partial charge is 0.418 e. The summed E-state index contributed by atoms with van der Waals surface area (Å²) in [4.78, 5) is 10.6. The first-order valence-electron chi connectivity index (χ1n) is 3.82. The van der Waals surface area contributed by atoms with Gasteiger partial charge in [-0.25, -0.2) is 0 Å². The zero-order chi connectivity index (χ0) is 11.5. The molecule has 78 valence electrons. The predicted molar refractivity (Wildman–Crippen MR) is 45.7 cm³/mol. The number of nitrogens with one attached hydrogen (secondary N) is 1. The Morgan fingerprint density at radius 2 is 1.93 bits per heavy atom. The van der Waals surface area contributed by atoms with Gasteiger partial charge in [0.1, 0.15) is 0 Å². The smallest absolute Gasteiger partial charge is 0.313 e. The quantitative estimate of drug-likeness (QED) is 0.728. The van der Waals surface area contributed by atoms with E-state index < -0.39 is 23.3 Å². The molecule has 1 rings (SSSR count). The van der Waals surface area contributed by atoms with E-state index in [1.807, 2.05) is 5.32 Å². The number of para-hydroxylation sites is 1. The number of halogens is 3. The highest BCUT2D eigenvalue weighted by Gasteiger charge is 2.33. The van der Waals surface area contributed by atoms with Crippen LogP contribution in [-0.2, 0) is 11.0 Å². The lowest BCUT2D eigenvalue weighted by molar-refractivity contribution is -0.136. The van der Waals surface area contributed by atoms with E-state index in [0.29, 0.717) is 0 Å². The number of rotatable bonds is 1. The van der Waals surface area contributed by atoms with Crippen LogP contribution in [0.15, 0.2) is 24.3 Å². The molecule has 1 N–H and O–H groups in total. The minimum atomic E-state index is -4.56. The summed E-state index contributed by atoms with van der Waals surface area (Å²) in [6.45, 7) is 0. The first-order chi connectivity index (χ1) is 6.95. The Bertz CT molecular complexity index is 420. The van der Waals surface area contributed by atoms with Crippen LogP contribution >= 0.6 is 0 Å². The molecule has 15 heavy (non-hydrogen) atoms. The van der Waals surface area contributed by atoms with E-state index in [9.17, 15) is 18.0 Å².